The average molecular weight is 637 g/mol. The van der Waals surface area contributed by atoms with E-state index >= 15 is 0 Å². The maximum Gasteiger partial charge on any atom is 0.254 e. The summed E-state index contributed by atoms with van der Waals surface area (Å²) in [5, 5.41) is 0.203. The molecule has 3 saturated heterocycles. The van der Waals surface area contributed by atoms with Crippen molar-refractivity contribution in [1.82, 2.24) is 9.80 Å². The van der Waals surface area contributed by atoms with Crippen molar-refractivity contribution in [2.45, 2.75) is 97.2 Å². The number of likely N-dealkylation sites (tertiary alicyclic amines) is 1. The third-order valence-corrected chi connectivity index (χ3v) is 11.7. The summed E-state index contributed by atoms with van der Waals surface area (Å²) >= 11 is 3.42. The first-order valence-corrected chi connectivity index (χ1v) is 18.3. The Morgan fingerprint density at radius 3 is 2.02 bits per heavy atom. The summed E-state index contributed by atoms with van der Waals surface area (Å²) in [5.41, 5.74) is -0.211. The van der Waals surface area contributed by atoms with E-state index in [-0.39, 0.29) is 51.5 Å². The predicted octanol–water partition coefficient (Wildman–Crippen LogP) is 5.69. The van der Waals surface area contributed by atoms with Crippen LogP contribution >= 0.6 is 23.5 Å². The van der Waals surface area contributed by atoms with Crippen LogP contribution in [0.4, 0.5) is 0 Å². The summed E-state index contributed by atoms with van der Waals surface area (Å²) in [6.07, 6.45) is 10.6. The van der Waals surface area contributed by atoms with E-state index in [0.29, 0.717) is 45.9 Å². The number of hydrogen-bond donors (Lipinski definition) is 0. The predicted molar refractivity (Wildman–Crippen MR) is 173 cm³/mol. The maximum atomic E-state index is 12.9. The summed E-state index contributed by atoms with van der Waals surface area (Å²) in [6, 6.07) is 0. The van der Waals surface area contributed by atoms with Gasteiger partial charge in [-0.15, -0.1) is 11.8 Å². The van der Waals surface area contributed by atoms with Crippen LogP contribution in [0.1, 0.15) is 91.9 Å². The number of unbranched alkanes of at least 4 members (excludes halogenated alkanes) is 2. The van der Waals surface area contributed by atoms with E-state index in [1.807, 2.05) is 0 Å². The minimum atomic E-state index is -0.155. The molecule has 4 aliphatic heterocycles. The highest BCUT2D eigenvalue weighted by molar-refractivity contribution is 8.03. The highest BCUT2D eigenvalue weighted by Gasteiger charge is 2.45. The fourth-order valence-electron chi connectivity index (χ4n) is 6.58. The number of thioether (sulfide) groups is 2. The molecule has 4 amide bonds. The zero-order valence-corrected chi connectivity index (χ0v) is 28.3. The van der Waals surface area contributed by atoms with Crippen LogP contribution in [-0.2, 0) is 28.7 Å². The summed E-state index contributed by atoms with van der Waals surface area (Å²) in [7, 11) is 0. The van der Waals surface area contributed by atoms with Crippen molar-refractivity contribution in [3.63, 3.8) is 0 Å². The molecular formula is C33H52N2O6S2. The van der Waals surface area contributed by atoms with Gasteiger partial charge in [0.2, 0.25) is 17.7 Å². The molecule has 0 bridgehead atoms. The molecule has 0 aromatic heterocycles. The van der Waals surface area contributed by atoms with E-state index in [9.17, 15) is 19.2 Å². The van der Waals surface area contributed by atoms with Gasteiger partial charge in [-0.05, 0) is 67.3 Å². The van der Waals surface area contributed by atoms with Gasteiger partial charge in [-0.1, -0.05) is 40.5 Å². The Hall–Kier alpha value is -1.36. The quantitative estimate of drug-likeness (QED) is 0.140. The molecule has 4 aliphatic rings. The third-order valence-electron chi connectivity index (χ3n) is 9.12. The maximum absolute atomic E-state index is 12.9. The first-order chi connectivity index (χ1) is 20.5. The highest BCUT2D eigenvalue weighted by Crippen LogP contribution is 2.41. The zero-order chi connectivity index (χ0) is 31.0. The molecular weight excluding hydrogens is 585 g/mol. The molecule has 0 N–H and O–H groups in total. The first-order valence-electron chi connectivity index (χ1n) is 16.3. The van der Waals surface area contributed by atoms with Crippen molar-refractivity contribution in [2.24, 2.45) is 22.7 Å². The molecule has 8 nitrogen and oxygen atoms in total. The second-order valence-corrected chi connectivity index (χ2v) is 16.7. The number of carbonyl (C=O) groups excluding carboxylic acids is 4. The number of hydrogen-bond acceptors (Lipinski definition) is 8. The van der Waals surface area contributed by atoms with Gasteiger partial charge in [0, 0.05) is 62.2 Å². The van der Waals surface area contributed by atoms with Gasteiger partial charge in [0.1, 0.15) is 0 Å². The minimum Gasteiger partial charge on any atom is -0.381 e. The van der Waals surface area contributed by atoms with Crippen molar-refractivity contribution in [2.75, 3.05) is 51.0 Å². The normalized spacial score (nSPS) is 24.6. The monoisotopic (exact) mass is 636 g/mol. The summed E-state index contributed by atoms with van der Waals surface area (Å²) < 4.78 is 11.6. The fraction of sp³-hybridized carbons (Fsp3) is 0.818. The summed E-state index contributed by atoms with van der Waals surface area (Å²) in [5.74, 6) is 1.74. The Balaban J connectivity index is 0.976. The average Bonchev–Trinajstić information content (AvgIpc) is 3.61. The van der Waals surface area contributed by atoms with Crippen LogP contribution in [0.3, 0.4) is 0 Å². The van der Waals surface area contributed by atoms with E-state index < -0.39 is 0 Å². The number of rotatable bonds is 18. The van der Waals surface area contributed by atoms with E-state index in [4.69, 9.17) is 9.47 Å². The van der Waals surface area contributed by atoms with Crippen LogP contribution < -0.4 is 0 Å². The molecule has 0 spiro atoms. The molecule has 0 aromatic rings. The lowest BCUT2D eigenvalue weighted by molar-refractivity contribution is -0.153. The van der Waals surface area contributed by atoms with Crippen molar-refractivity contribution < 1.29 is 28.7 Å². The number of nitrogens with zero attached hydrogens (tertiary/aromatic N) is 2. The van der Waals surface area contributed by atoms with Gasteiger partial charge in [-0.2, -0.15) is 11.8 Å². The molecule has 0 aromatic carbocycles. The summed E-state index contributed by atoms with van der Waals surface area (Å²) in [6.45, 7) is 12.4. The molecule has 3 unspecified atom stereocenters. The van der Waals surface area contributed by atoms with Gasteiger partial charge in [-0.25, -0.2) is 0 Å². The van der Waals surface area contributed by atoms with Gasteiger partial charge in [0.05, 0.1) is 11.8 Å². The molecule has 0 aliphatic carbocycles. The number of carbonyl (C=O) groups is 4. The van der Waals surface area contributed by atoms with Crippen molar-refractivity contribution in [3.8, 4) is 0 Å². The number of fused-ring (bicyclic) bond motifs is 2. The van der Waals surface area contributed by atoms with Crippen LogP contribution in [0.5, 0.6) is 0 Å². The molecule has 242 valence electrons. The second-order valence-electron chi connectivity index (χ2n) is 14.1. The molecule has 0 saturated carbocycles. The van der Waals surface area contributed by atoms with E-state index in [1.165, 1.54) is 4.90 Å². The Labute approximate surface area is 266 Å². The lowest BCUT2D eigenvalue weighted by Crippen LogP contribution is -2.51. The molecule has 10 heteroatoms. The molecule has 4 rings (SSSR count). The van der Waals surface area contributed by atoms with E-state index in [2.05, 4.69) is 27.7 Å². The Morgan fingerprint density at radius 2 is 1.37 bits per heavy atom. The largest absolute Gasteiger partial charge is 0.381 e. The van der Waals surface area contributed by atoms with Crippen LogP contribution in [0.2, 0.25) is 0 Å². The highest BCUT2D eigenvalue weighted by atomic mass is 32.2. The number of ether oxygens (including phenoxy) is 2. The van der Waals surface area contributed by atoms with Gasteiger partial charge in [0.25, 0.3) is 5.91 Å². The van der Waals surface area contributed by atoms with Gasteiger partial charge >= 0.3 is 0 Å². The Bertz CT molecular complexity index is 1040. The van der Waals surface area contributed by atoms with Crippen LogP contribution in [0.25, 0.3) is 0 Å². The third kappa shape index (κ3) is 9.81. The smallest absolute Gasteiger partial charge is 0.254 e. The molecule has 4 heterocycles. The van der Waals surface area contributed by atoms with E-state index in [0.717, 1.165) is 74.2 Å². The molecule has 3 fully saturated rings. The van der Waals surface area contributed by atoms with Crippen LogP contribution in [0.15, 0.2) is 11.0 Å². The van der Waals surface area contributed by atoms with Crippen molar-refractivity contribution in [1.29, 1.82) is 0 Å². The number of amides is 4. The molecule has 43 heavy (non-hydrogen) atoms. The van der Waals surface area contributed by atoms with Crippen molar-refractivity contribution in [3.05, 3.63) is 11.0 Å². The lowest BCUT2D eigenvalue weighted by Gasteiger charge is -2.37. The van der Waals surface area contributed by atoms with E-state index in [1.54, 1.807) is 34.5 Å². The minimum absolute atomic E-state index is 0.00520. The SMILES string of the molecule is CC(C)(CCCCOCCCOCCCCC(C)(C)CN1C(=O)CC2SCCC2C1=O)CN1C(=O)C=C2SCCC2C1=O. The second kappa shape index (κ2) is 15.8. The van der Waals surface area contributed by atoms with Crippen LogP contribution in [0, 0.1) is 22.7 Å². The van der Waals surface area contributed by atoms with Crippen LogP contribution in [-0.4, -0.2) is 89.7 Å². The zero-order valence-electron chi connectivity index (χ0n) is 26.7. The Morgan fingerprint density at radius 1 is 0.767 bits per heavy atom. The fourth-order valence-corrected chi connectivity index (χ4v) is 9.21. The number of imide groups is 2. The van der Waals surface area contributed by atoms with Gasteiger partial charge in [0.15, 0.2) is 0 Å². The molecule has 3 atom stereocenters. The molecule has 0 radical (unpaired) electrons. The summed E-state index contributed by atoms with van der Waals surface area (Å²) in [4.78, 5) is 54.8. The number of piperidine rings is 1. The standard InChI is InChI=1S/C33H52N2O6S2/c1-32(2,22-34-28(36)20-26-24(30(34)38)10-18-42-26)12-5-7-14-40-16-9-17-41-15-8-6-13-33(3,4)23-35-29(37)21-27-25(31(35)39)11-19-43-27/h20,24-25,27H,5-19,21-23H2,1-4H3. The topological polar surface area (TPSA) is 93.2 Å². The van der Waals surface area contributed by atoms with Gasteiger partial charge < -0.3 is 9.47 Å². The Kier molecular flexibility index (Phi) is 12.7. The van der Waals surface area contributed by atoms with Crippen molar-refractivity contribution >= 4 is 47.2 Å². The van der Waals surface area contributed by atoms with Gasteiger partial charge in [-0.3, -0.25) is 29.0 Å². The first kappa shape index (κ1) is 34.5. The lowest BCUT2D eigenvalue weighted by atomic mass is 9.84.